The van der Waals surface area contributed by atoms with Gasteiger partial charge < -0.3 is 0 Å². The molecule has 0 radical (unpaired) electrons. The molecular weight excluding hydrogens is 309 g/mol. The van der Waals surface area contributed by atoms with Crippen LogP contribution < -0.4 is 0 Å². The van der Waals surface area contributed by atoms with Crippen molar-refractivity contribution >= 4 is 39.0 Å². The summed E-state index contributed by atoms with van der Waals surface area (Å²) in [6, 6.07) is 4.77. The summed E-state index contributed by atoms with van der Waals surface area (Å²) in [5, 5.41) is 2.03. The Bertz CT molecular complexity index is 498. The number of thioether (sulfide) groups is 1. The molecule has 0 atom stereocenters. The van der Waals surface area contributed by atoms with Crippen LogP contribution in [0.3, 0.4) is 0 Å². The van der Waals surface area contributed by atoms with E-state index in [1.165, 1.54) is 12.1 Å². The van der Waals surface area contributed by atoms with E-state index in [0.29, 0.717) is 0 Å². The lowest BCUT2D eigenvalue weighted by molar-refractivity contribution is 0.626. The number of benzene rings is 1. The first-order valence-corrected chi connectivity index (χ1v) is 7.30. The summed E-state index contributed by atoms with van der Waals surface area (Å²) in [7, 11) is 0. The van der Waals surface area contributed by atoms with Gasteiger partial charge >= 0.3 is 0 Å². The van der Waals surface area contributed by atoms with Gasteiger partial charge in [0.1, 0.15) is 10.2 Å². The summed E-state index contributed by atoms with van der Waals surface area (Å²) >= 11 is 6.67. The number of hydrogen-bond acceptors (Lipinski definition) is 3. The van der Waals surface area contributed by atoms with Crippen LogP contribution in [0.4, 0.5) is 4.39 Å². The summed E-state index contributed by atoms with van der Waals surface area (Å²) in [5.74, 6) is 0.582. The minimum atomic E-state index is -0.217. The molecule has 5 heteroatoms. The third-order valence-electron chi connectivity index (χ3n) is 1.96. The van der Waals surface area contributed by atoms with Crippen LogP contribution >= 0.6 is 39.0 Å². The van der Waals surface area contributed by atoms with Crippen LogP contribution in [0.25, 0.3) is 0 Å². The third kappa shape index (κ3) is 3.06. The Morgan fingerprint density at radius 2 is 2.31 bits per heavy atom. The van der Waals surface area contributed by atoms with E-state index < -0.39 is 0 Å². The molecule has 1 heterocycles. The number of hydrogen-bond donors (Lipinski definition) is 0. The molecule has 0 aliphatic heterocycles. The Morgan fingerprint density at radius 3 is 2.94 bits per heavy atom. The summed E-state index contributed by atoms with van der Waals surface area (Å²) in [6.07, 6.45) is 0. The monoisotopic (exact) mass is 317 g/mol. The normalized spacial score (nSPS) is 10.7. The Kier molecular flexibility index (Phi) is 4.00. The predicted molar refractivity (Wildman–Crippen MR) is 70.5 cm³/mol. The highest BCUT2D eigenvalue weighted by Gasteiger charge is 2.04. The maximum atomic E-state index is 12.9. The molecule has 0 aliphatic rings. The van der Waals surface area contributed by atoms with E-state index in [-0.39, 0.29) is 5.82 Å². The van der Waals surface area contributed by atoms with Gasteiger partial charge in [0.25, 0.3) is 0 Å². The number of thiazole rings is 1. The molecule has 0 aliphatic carbocycles. The van der Waals surface area contributed by atoms with E-state index in [2.05, 4.69) is 20.9 Å². The molecule has 2 aromatic rings. The highest BCUT2D eigenvalue weighted by Crippen LogP contribution is 2.29. The summed E-state index contributed by atoms with van der Waals surface area (Å²) < 4.78 is 14.7. The highest BCUT2D eigenvalue weighted by atomic mass is 79.9. The fourth-order valence-electron chi connectivity index (χ4n) is 1.18. The van der Waals surface area contributed by atoms with Crippen LogP contribution in [0.1, 0.15) is 11.3 Å². The smallest absolute Gasteiger partial charge is 0.150 e. The first-order valence-electron chi connectivity index (χ1n) is 4.64. The number of nitrogens with zero attached hydrogens (tertiary/aromatic N) is 1. The van der Waals surface area contributed by atoms with Crippen molar-refractivity contribution in [3.05, 3.63) is 45.1 Å². The Labute approximate surface area is 110 Å². The molecule has 1 aromatic carbocycles. The average Bonchev–Trinajstić information content (AvgIpc) is 2.63. The average molecular weight is 318 g/mol. The Balaban J connectivity index is 2.04. The minimum Gasteiger partial charge on any atom is -0.235 e. The SMILES string of the molecule is Cc1csc(SCc2ccc(F)cc2Br)n1. The minimum absolute atomic E-state index is 0.217. The molecule has 2 rings (SSSR count). The topological polar surface area (TPSA) is 12.9 Å². The maximum absolute atomic E-state index is 12.9. The molecule has 16 heavy (non-hydrogen) atoms. The van der Waals surface area contributed by atoms with Gasteiger partial charge in [-0.15, -0.1) is 11.3 Å². The van der Waals surface area contributed by atoms with Gasteiger partial charge in [-0.3, -0.25) is 0 Å². The molecule has 1 nitrogen and oxygen atoms in total. The van der Waals surface area contributed by atoms with Gasteiger partial charge in [0.2, 0.25) is 0 Å². The molecule has 0 saturated heterocycles. The standard InChI is InChI=1S/C11H9BrFNS2/c1-7-5-15-11(14-7)16-6-8-2-3-9(13)4-10(8)12/h2-5H,6H2,1H3. The summed E-state index contributed by atoms with van der Waals surface area (Å²) in [5.41, 5.74) is 2.13. The van der Waals surface area contributed by atoms with Crippen molar-refractivity contribution in [3.8, 4) is 0 Å². The van der Waals surface area contributed by atoms with Gasteiger partial charge in [0, 0.05) is 21.3 Å². The van der Waals surface area contributed by atoms with E-state index in [1.807, 2.05) is 12.3 Å². The number of rotatable bonds is 3. The van der Waals surface area contributed by atoms with Crippen LogP contribution in [0.5, 0.6) is 0 Å². The predicted octanol–water partition coefficient (Wildman–Crippen LogP) is 4.65. The zero-order chi connectivity index (χ0) is 11.5. The van der Waals surface area contributed by atoms with Crippen molar-refractivity contribution in [1.29, 1.82) is 0 Å². The van der Waals surface area contributed by atoms with Crippen LogP contribution in [-0.2, 0) is 5.75 Å². The van der Waals surface area contributed by atoms with E-state index >= 15 is 0 Å². The molecule has 0 saturated carbocycles. The molecule has 0 bridgehead atoms. The van der Waals surface area contributed by atoms with Gasteiger partial charge in [-0.05, 0) is 24.6 Å². The lowest BCUT2D eigenvalue weighted by Gasteiger charge is -2.02. The second-order valence-corrected chi connectivity index (χ2v) is 6.21. The Morgan fingerprint density at radius 1 is 1.50 bits per heavy atom. The molecule has 1 aromatic heterocycles. The Hall–Kier alpha value is -0.390. The first kappa shape index (κ1) is 12.1. The number of aromatic nitrogens is 1. The van der Waals surface area contributed by atoms with Gasteiger partial charge in [-0.2, -0.15) is 0 Å². The molecule has 0 unspecified atom stereocenters. The zero-order valence-electron chi connectivity index (χ0n) is 8.54. The fraction of sp³-hybridized carbons (Fsp3) is 0.182. The van der Waals surface area contributed by atoms with Crippen molar-refractivity contribution < 1.29 is 4.39 Å². The molecule has 0 fully saturated rings. The van der Waals surface area contributed by atoms with E-state index in [9.17, 15) is 4.39 Å². The lowest BCUT2D eigenvalue weighted by Crippen LogP contribution is -1.84. The largest absolute Gasteiger partial charge is 0.235 e. The van der Waals surface area contributed by atoms with Gasteiger partial charge in [-0.25, -0.2) is 9.37 Å². The van der Waals surface area contributed by atoms with Crippen molar-refractivity contribution in [1.82, 2.24) is 4.98 Å². The zero-order valence-corrected chi connectivity index (χ0v) is 11.8. The molecule has 0 N–H and O–H groups in total. The van der Waals surface area contributed by atoms with E-state index in [0.717, 1.165) is 25.8 Å². The quantitative estimate of drug-likeness (QED) is 0.764. The molecule has 0 spiro atoms. The summed E-state index contributed by atoms with van der Waals surface area (Å²) in [6.45, 7) is 1.98. The summed E-state index contributed by atoms with van der Waals surface area (Å²) in [4.78, 5) is 4.37. The molecular formula is C11H9BrFNS2. The second-order valence-electron chi connectivity index (χ2n) is 3.28. The van der Waals surface area contributed by atoms with Crippen molar-refractivity contribution in [2.45, 2.75) is 17.0 Å². The number of aryl methyl sites for hydroxylation is 1. The molecule has 84 valence electrons. The van der Waals surface area contributed by atoms with Crippen molar-refractivity contribution in [2.75, 3.05) is 0 Å². The first-order chi connectivity index (χ1) is 7.65. The van der Waals surface area contributed by atoms with Crippen LogP contribution in [0.15, 0.2) is 32.4 Å². The fourth-order valence-corrected chi connectivity index (χ4v) is 3.71. The lowest BCUT2D eigenvalue weighted by atomic mass is 10.2. The highest BCUT2D eigenvalue weighted by molar-refractivity contribution is 9.10. The van der Waals surface area contributed by atoms with Gasteiger partial charge in [-0.1, -0.05) is 33.8 Å². The number of halogens is 2. The van der Waals surface area contributed by atoms with Crippen molar-refractivity contribution in [3.63, 3.8) is 0 Å². The van der Waals surface area contributed by atoms with Crippen LogP contribution in [-0.4, -0.2) is 4.98 Å². The van der Waals surface area contributed by atoms with Crippen LogP contribution in [0, 0.1) is 12.7 Å². The van der Waals surface area contributed by atoms with Gasteiger partial charge in [0.15, 0.2) is 0 Å². The molecule has 0 amide bonds. The van der Waals surface area contributed by atoms with E-state index in [1.54, 1.807) is 29.2 Å². The van der Waals surface area contributed by atoms with Gasteiger partial charge in [0.05, 0.1) is 0 Å². The third-order valence-corrected chi connectivity index (χ3v) is 4.89. The second kappa shape index (κ2) is 5.29. The van der Waals surface area contributed by atoms with E-state index in [4.69, 9.17) is 0 Å². The van der Waals surface area contributed by atoms with Crippen LogP contribution in [0.2, 0.25) is 0 Å². The maximum Gasteiger partial charge on any atom is 0.150 e. The van der Waals surface area contributed by atoms with Crippen molar-refractivity contribution in [2.24, 2.45) is 0 Å².